The van der Waals surface area contributed by atoms with E-state index in [-0.39, 0.29) is 11.8 Å². The van der Waals surface area contributed by atoms with Crippen molar-refractivity contribution >= 4 is 23.4 Å². The summed E-state index contributed by atoms with van der Waals surface area (Å²) in [5, 5.41) is 0.336. The molecule has 3 rings (SSSR count). The molecule has 0 aliphatic carbocycles. The second kappa shape index (κ2) is 8.97. The summed E-state index contributed by atoms with van der Waals surface area (Å²) in [5.74, 6) is 0.700. The summed E-state index contributed by atoms with van der Waals surface area (Å²) in [6.45, 7) is 4.20. The molecule has 0 atom stereocenters. The van der Waals surface area contributed by atoms with Crippen molar-refractivity contribution in [2.45, 2.75) is 6.92 Å². The van der Waals surface area contributed by atoms with Gasteiger partial charge in [-0.2, -0.15) is 0 Å². The Labute approximate surface area is 169 Å². The van der Waals surface area contributed by atoms with Gasteiger partial charge in [0.05, 0.1) is 18.7 Å². The van der Waals surface area contributed by atoms with Crippen LogP contribution in [0.5, 0.6) is 11.5 Å². The van der Waals surface area contributed by atoms with Gasteiger partial charge >= 0.3 is 0 Å². The lowest BCUT2D eigenvalue weighted by atomic mass is 10.1. The number of rotatable bonds is 5. The number of hydrogen-bond donors (Lipinski definition) is 0. The Bertz CT molecular complexity index is 849. The van der Waals surface area contributed by atoms with Crippen LogP contribution in [0.15, 0.2) is 42.5 Å². The highest BCUT2D eigenvalue weighted by Gasteiger charge is 2.26. The number of amides is 2. The van der Waals surface area contributed by atoms with Crippen LogP contribution in [0.3, 0.4) is 0 Å². The van der Waals surface area contributed by atoms with E-state index in [0.717, 1.165) is 0 Å². The summed E-state index contributed by atoms with van der Waals surface area (Å²) in [5.41, 5.74) is 1.10. The van der Waals surface area contributed by atoms with Gasteiger partial charge in [-0.15, -0.1) is 0 Å². The lowest BCUT2D eigenvalue weighted by Gasteiger charge is -2.35. The molecule has 1 saturated heterocycles. The molecule has 2 amide bonds. The fourth-order valence-corrected chi connectivity index (χ4v) is 3.45. The van der Waals surface area contributed by atoms with Gasteiger partial charge in [-0.1, -0.05) is 29.8 Å². The molecule has 1 heterocycles. The third kappa shape index (κ3) is 4.22. The molecule has 0 unspecified atom stereocenters. The van der Waals surface area contributed by atoms with E-state index in [4.69, 9.17) is 21.1 Å². The number of halogens is 1. The maximum atomic E-state index is 12.9. The second-order valence-electron chi connectivity index (χ2n) is 6.37. The van der Waals surface area contributed by atoms with Gasteiger partial charge in [-0.05, 0) is 31.2 Å². The van der Waals surface area contributed by atoms with Gasteiger partial charge in [-0.25, -0.2) is 0 Å². The topological polar surface area (TPSA) is 59.1 Å². The standard InChI is InChI=1S/C21H23ClN2O4/c1-3-28-19-17(22)13-16(14-18(19)27-2)21(26)24-11-9-23(10-12-24)20(25)15-7-5-4-6-8-15/h4-8,13-14H,3,9-12H2,1-2H3. The van der Waals surface area contributed by atoms with E-state index in [9.17, 15) is 9.59 Å². The molecule has 2 aromatic rings. The van der Waals surface area contributed by atoms with Crippen LogP contribution in [-0.2, 0) is 0 Å². The number of methoxy groups -OCH3 is 1. The van der Waals surface area contributed by atoms with Crippen molar-refractivity contribution in [2.75, 3.05) is 39.9 Å². The fraction of sp³-hybridized carbons (Fsp3) is 0.333. The van der Waals surface area contributed by atoms with Crippen LogP contribution in [0.4, 0.5) is 0 Å². The summed E-state index contributed by atoms with van der Waals surface area (Å²) in [6, 6.07) is 12.4. The van der Waals surface area contributed by atoms with Crippen LogP contribution in [0.2, 0.25) is 5.02 Å². The lowest BCUT2D eigenvalue weighted by molar-refractivity contribution is 0.0535. The number of nitrogens with zero attached hydrogens (tertiary/aromatic N) is 2. The Balaban J connectivity index is 1.68. The molecule has 0 saturated carbocycles. The molecule has 6 nitrogen and oxygen atoms in total. The van der Waals surface area contributed by atoms with Crippen LogP contribution in [0.1, 0.15) is 27.6 Å². The monoisotopic (exact) mass is 402 g/mol. The Morgan fingerprint density at radius 1 is 0.964 bits per heavy atom. The van der Waals surface area contributed by atoms with Gasteiger partial charge in [0.15, 0.2) is 11.5 Å². The number of carbonyl (C=O) groups is 2. The SMILES string of the molecule is CCOc1c(Cl)cc(C(=O)N2CCN(C(=O)c3ccccc3)CC2)cc1OC. The summed E-state index contributed by atoms with van der Waals surface area (Å²) < 4.78 is 10.8. The molecule has 1 aliphatic rings. The summed E-state index contributed by atoms with van der Waals surface area (Å²) >= 11 is 6.28. The molecule has 0 aromatic heterocycles. The number of ether oxygens (including phenoxy) is 2. The van der Waals surface area contributed by atoms with E-state index in [1.807, 2.05) is 25.1 Å². The van der Waals surface area contributed by atoms with Gasteiger partial charge in [0, 0.05) is 37.3 Å². The van der Waals surface area contributed by atoms with E-state index in [1.54, 1.807) is 34.1 Å². The van der Waals surface area contributed by atoms with Crippen molar-refractivity contribution in [3.63, 3.8) is 0 Å². The average molecular weight is 403 g/mol. The highest BCUT2D eigenvalue weighted by atomic mass is 35.5. The van der Waals surface area contributed by atoms with Crippen molar-refractivity contribution in [3.8, 4) is 11.5 Å². The predicted molar refractivity (Wildman–Crippen MR) is 107 cm³/mol. The van der Waals surface area contributed by atoms with Crippen LogP contribution in [0.25, 0.3) is 0 Å². The molecule has 1 aliphatic heterocycles. The van der Waals surface area contributed by atoms with E-state index < -0.39 is 0 Å². The molecular weight excluding hydrogens is 380 g/mol. The van der Waals surface area contributed by atoms with Crippen molar-refractivity contribution in [2.24, 2.45) is 0 Å². The quantitative estimate of drug-likeness (QED) is 0.769. The first-order valence-corrected chi connectivity index (χ1v) is 9.56. The van der Waals surface area contributed by atoms with Gasteiger partial charge < -0.3 is 19.3 Å². The molecule has 1 fully saturated rings. The molecule has 7 heteroatoms. The van der Waals surface area contributed by atoms with Gasteiger partial charge in [0.25, 0.3) is 11.8 Å². The minimum absolute atomic E-state index is 0.0153. The van der Waals surface area contributed by atoms with Gasteiger partial charge in [-0.3, -0.25) is 9.59 Å². The smallest absolute Gasteiger partial charge is 0.254 e. The maximum Gasteiger partial charge on any atom is 0.254 e. The number of benzene rings is 2. The second-order valence-corrected chi connectivity index (χ2v) is 6.78. The predicted octanol–water partition coefficient (Wildman–Crippen LogP) is 3.35. The molecule has 0 bridgehead atoms. The Hall–Kier alpha value is -2.73. The maximum absolute atomic E-state index is 12.9. The zero-order valence-electron chi connectivity index (χ0n) is 16.0. The number of piperazine rings is 1. The van der Waals surface area contributed by atoms with Crippen molar-refractivity contribution in [3.05, 3.63) is 58.6 Å². The van der Waals surface area contributed by atoms with Gasteiger partial charge in [0.1, 0.15) is 0 Å². The summed E-state index contributed by atoms with van der Waals surface area (Å²) in [4.78, 5) is 28.9. The molecule has 0 N–H and O–H groups in total. The largest absolute Gasteiger partial charge is 0.493 e. The molecule has 0 spiro atoms. The third-order valence-electron chi connectivity index (χ3n) is 4.64. The summed E-state index contributed by atoms with van der Waals surface area (Å²) in [7, 11) is 1.51. The minimum atomic E-state index is -0.143. The van der Waals surface area contributed by atoms with Crippen LogP contribution in [-0.4, -0.2) is 61.5 Å². The number of carbonyl (C=O) groups excluding carboxylic acids is 2. The first-order chi connectivity index (χ1) is 13.5. The van der Waals surface area contributed by atoms with Crippen LogP contribution < -0.4 is 9.47 Å². The normalized spacial score (nSPS) is 14.0. The molecule has 28 heavy (non-hydrogen) atoms. The third-order valence-corrected chi connectivity index (χ3v) is 4.92. The van der Waals surface area contributed by atoms with E-state index >= 15 is 0 Å². The van der Waals surface area contributed by atoms with E-state index in [2.05, 4.69) is 0 Å². The molecular formula is C21H23ClN2O4. The molecule has 148 valence electrons. The fourth-order valence-electron chi connectivity index (χ4n) is 3.19. The Morgan fingerprint density at radius 3 is 2.07 bits per heavy atom. The van der Waals surface area contributed by atoms with E-state index in [1.165, 1.54) is 7.11 Å². The zero-order chi connectivity index (χ0) is 20.1. The van der Waals surface area contributed by atoms with Crippen molar-refractivity contribution in [1.82, 2.24) is 9.80 Å². The first-order valence-electron chi connectivity index (χ1n) is 9.19. The minimum Gasteiger partial charge on any atom is -0.493 e. The molecule has 0 radical (unpaired) electrons. The highest BCUT2D eigenvalue weighted by Crippen LogP contribution is 2.36. The number of hydrogen-bond acceptors (Lipinski definition) is 4. The van der Waals surface area contributed by atoms with Crippen LogP contribution in [0, 0.1) is 0 Å². The van der Waals surface area contributed by atoms with E-state index in [0.29, 0.717) is 60.4 Å². The van der Waals surface area contributed by atoms with Gasteiger partial charge in [0.2, 0.25) is 0 Å². The van der Waals surface area contributed by atoms with Crippen molar-refractivity contribution in [1.29, 1.82) is 0 Å². The Kier molecular flexibility index (Phi) is 6.41. The van der Waals surface area contributed by atoms with Crippen molar-refractivity contribution < 1.29 is 19.1 Å². The highest BCUT2D eigenvalue weighted by molar-refractivity contribution is 6.32. The Morgan fingerprint density at radius 2 is 1.54 bits per heavy atom. The summed E-state index contributed by atoms with van der Waals surface area (Å²) in [6.07, 6.45) is 0. The lowest BCUT2D eigenvalue weighted by Crippen LogP contribution is -2.50. The first kappa shape index (κ1) is 20.0. The zero-order valence-corrected chi connectivity index (χ0v) is 16.7. The van der Waals surface area contributed by atoms with Crippen LogP contribution >= 0.6 is 11.6 Å². The average Bonchev–Trinajstić information content (AvgIpc) is 2.74. The molecule has 2 aromatic carbocycles.